The van der Waals surface area contributed by atoms with E-state index in [4.69, 9.17) is 4.74 Å². The van der Waals surface area contributed by atoms with E-state index in [9.17, 15) is 4.79 Å². The van der Waals surface area contributed by atoms with Gasteiger partial charge in [-0.05, 0) is 42.0 Å². The molecule has 0 unspecified atom stereocenters. The first-order valence-electron chi connectivity index (χ1n) is 9.11. The van der Waals surface area contributed by atoms with E-state index in [0.29, 0.717) is 17.9 Å². The summed E-state index contributed by atoms with van der Waals surface area (Å²) in [5.41, 5.74) is 2.44. The Morgan fingerprint density at radius 1 is 0.786 bits per heavy atom. The zero-order chi connectivity index (χ0) is 19.2. The molecule has 0 aliphatic rings. The van der Waals surface area contributed by atoms with Gasteiger partial charge in [-0.25, -0.2) is 5.01 Å². The summed E-state index contributed by atoms with van der Waals surface area (Å²) < 4.78 is 7.71. The van der Waals surface area contributed by atoms with Crippen LogP contribution in [0.5, 0.6) is 5.75 Å². The highest BCUT2D eigenvalue weighted by atomic mass is 16.5. The van der Waals surface area contributed by atoms with Gasteiger partial charge in [0.15, 0.2) is 0 Å². The first kappa shape index (κ1) is 17.6. The van der Waals surface area contributed by atoms with Gasteiger partial charge in [-0.15, -0.1) is 0 Å². The van der Waals surface area contributed by atoms with E-state index in [-0.39, 0.29) is 5.91 Å². The number of carbonyl (C=O) groups excluding carboxylic acids is 1. The number of ether oxygens (including phenoxy) is 1. The van der Waals surface area contributed by atoms with Crippen molar-refractivity contribution < 1.29 is 9.53 Å². The quantitative estimate of drug-likeness (QED) is 0.470. The molecule has 0 fully saturated rings. The molecule has 4 aromatic rings. The number of hydrogen-bond donors (Lipinski definition) is 0. The summed E-state index contributed by atoms with van der Waals surface area (Å²) >= 11 is 0. The zero-order valence-electron chi connectivity index (χ0n) is 15.3. The number of carbonyl (C=O) groups is 1. The van der Waals surface area contributed by atoms with Gasteiger partial charge >= 0.3 is 0 Å². The minimum absolute atomic E-state index is 0.114. The van der Waals surface area contributed by atoms with Crippen LogP contribution in [-0.4, -0.2) is 10.6 Å². The van der Waals surface area contributed by atoms with Crippen molar-refractivity contribution in [3.05, 3.63) is 121 Å². The maximum atomic E-state index is 13.2. The lowest BCUT2D eigenvalue weighted by molar-refractivity contribution is 0.0976. The molecule has 4 heteroatoms. The predicted molar refractivity (Wildman–Crippen MR) is 110 cm³/mol. The second-order valence-electron chi connectivity index (χ2n) is 6.32. The Kier molecular flexibility index (Phi) is 5.20. The molecule has 0 aliphatic carbocycles. The summed E-state index contributed by atoms with van der Waals surface area (Å²) in [4.78, 5) is 13.2. The van der Waals surface area contributed by atoms with Crippen molar-refractivity contribution in [1.82, 2.24) is 4.68 Å². The largest absolute Gasteiger partial charge is 0.489 e. The third kappa shape index (κ3) is 3.96. The van der Waals surface area contributed by atoms with Crippen molar-refractivity contribution in [1.29, 1.82) is 0 Å². The summed E-state index contributed by atoms with van der Waals surface area (Å²) in [5, 5.41) is 1.63. The fourth-order valence-electron chi connectivity index (χ4n) is 2.96. The summed E-state index contributed by atoms with van der Waals surface area (Å²) in [7, 11) is 0. The Bertz CT molecular complexity index is 1030. The fraction of sp³-hybridized carbons (Fsp3) is 0.0417. The van der Waals surface area contributed by atoms with Crippen LogP contribution in [-0.2, 0) is 6.61 Å². The van der Waals surface area contributed by atoms with Gasteiger partial charge in [0, 0.05) is 24.0 Å². The maximum absolute atomic E-state index is 13.2. The highest BCUT2D eigenvalue weighted by Gasteiger charge is 2.19. The standard InChI is InChI=1S/C24H20N2O2/c27-24(21-12-5-2-6-13-21)26(25-16-7-8-17-25)22-14-9-15-23(18-22)28-19-20-10-3-1-4-11-20/h1-18H,19H2. The van der Waals surface area contributed by atoms with E-state index in [1.54, 1.807) is 9.69 Å². The van der Waals surface area contributed by atoms with Crippen LogP contribution >= 0.6 is 0 Å². The van der Waals surface area contributed by atoms with E-state index in [1.165, 1.54) is 0 Å². The number of rotatable bonds is 6. The van der Waals surface area contributed by atoms with Crippen LogP contribution in [0.4, 0.5) is 5.69 Å². The van der Waals surface area contributed by atoms with Crippen LogP contribution < -0.4 is 9.75 Å². The first-order chi connectivity index (χ1) is 13.8. The molecule has 138 valence electrons. The number of benzene rings is 3. The lowest BCUT2D eigenvalue weighted by Crippen LogP contribution is -2.35. The van der Waals surface area contributed by atoms with Crippen molar-refractivity contribution in [3.63, 3.8) is 0 Å². The topological polar surface area (TPSA) is 34.5 Å². The van der Waals surface area contributed by atoms with E-state index in [1.807, 2.05) is 109 Å². The number of amides is 1. The Labute approximate surface area is 164 Å². The van der Waals surface area contributed by atoms with Gasteiger partial charge in [-0.2, -0.15) is 0 Å². The number of nitrogens with zero attached hydrogens (tertiary/aromatic N) is 2. The molecule has 3 aromatic carbocycles. The molecule has 0 spiro atoms. The Morgan fingerprint density at radius 2 is 1.46 bits per heavy atom. The number of anilines is 1. The normalized spacial score (nSPS) is 10.4. The molecule has 0 bridgehead atoms. The number of aromatic nitrogens is 1. The van der Waals surface area contributed by atoms with Gasteiger partial charge < -0.3 is 4.74 Å². The van der Waals surface area contributed by atoms with Gasteiger partial charge in [0.2, 0.25) is 0 Å². The van der Waals surface area contributed by atoms with Crippen LogP contribution in [0.2, 0.25) is 0 Å². The van der Waals surface area contributed by atoms with Crippen LogP contribution in [0, 0.1) is 0 Å². The van der Waals surface area contributed by atoms with Crippen molar-refractivity contribution in [2.45, 2.75) is 6.61 Å². The lowest BCUT2D eigenvalue weighted by atomic mass is 10.2. The minimum Gasteiger partial charge on any atom is -0.489 e. The molecule has 0 saturated heterocycles. The Morgan fingerprint density at radius 3 is 2.18 bits per heavy atom. The lowest BCUT2D eigenvalue weighted by Gasteiger charge is -2.24. The Hall–Kier alpha value is -3.79. The van der Waals surface area contributed by atoms with Crippen LogP contribution in [0.3, 0.4) is 0 Å². The monoisotopic (exact) mass is 368 g/mol. The van der Waals surface area contributed by atoms with Crippen LogP contribution in [0.1, 0.15) is 15.9 Å². The molecular formula is C24H20N2O2. The summed E-state index contributed by atoms with van der Waals surface area (Å²) in [6, 6.07) is 30.6. The van der Waals surface area contributed by atoms with E-state index < -0.39 is 0 Å². The van der Waals surface area contributed by atoms with Crippen molar-refractivity contribution in [2.24, 2.45) is 0 Å². The van der Waals surface area contributed by atoms with Gasteiger partial charge in [0.05, 0.1) is 5.69 Å². The van der Waals surface area contributed by atoms with Crippen molar-refractivity contribution >= 4 is 11.6 Å². The highest BCUT2D eigenvalue weighted by molar-refractivity contribution is 6.05. The molecular weight excluding hydrogens is 348 g/mol. The van der Waals surface area contributed by atoms with Crippen LogP contribution in [0.25, 0.3) is 0 Å². The predicted octanol–water partition coefficient (Wildman–Crippen LogP) is 5.18. The zero-order valence-corrected chi connectivity index (χ0v) is 15.3. The molecule has 1 heterocycles. The number of hydrogen-bond acceptors (Lipinski definition) is 2. The molecule has 0 atom stereocenters. The highest BCUT2D eigenvalue weighted by Crippen LogP contribution is 2.24. The summed E-state index contributed by atoms with van der Waals surface area (Å²) in [6.07, 6.45) is 3.69. The van der Waals surface area contributed by atoms with Gasteiger partial charge in [0.25, 0.3) is 5.91 Å². The first-order valence-corrected chi connectivity index (χ1v) is 9.11. The van der Waals surface area contributed by atoms with E-state index in [2.05, 4.69) is 0 Å². The fourth-order valence-corrected chi connectivity index (χ4v) is 2.96. The molecule has 1 aromatic heterocycles. The average molecular weight is 368 g/mol. The molecule has 0 radical (unpaired) electrons. The second kappa shape index (κ2) is 8.27. The summed E-state index contributed by atoms with van der Waals surface area (Å²) in [5.74, 6) is 0.594. The second-order valence-corrected chi connectivity index (χ2v) is 6.32. The van der Waals surface area contributed by atoms with Crippen molar-refractivity contribution in [3.8, 4) is 5.75 Å². The van der Waals surface area contributed by atoms with E-state index >= 15 is 0 Å². The third-order valence-corrected chi connectivity index (χ3v) is 4.34. The van der Waals surface area contributed by atoms with Crippen LogP contribution in [0.15, 0.2) is 109 Å². The van der Waals surface area contributed by atoms with Crippen molar-refractivity contribution in [2.75, 3.05) is 5.01 Å². The van der Waals surface area contributed by atoms with Gasteiger partial charge in [-0.1, -0.05) is 54.6 Å². The molecule has 1 amide bonds. The van der Waals surface area contributed by atoms with E-state index in [0.717, 1.165) is 11.3 Å². The SMILES string of the molecule is O=C(c1ccccc1)N(c1cccc(OCc2ccccc2)c1)n1cccc1. The summed E-state index contributed by atoms with van der Waals surface area (Å²) in [6.45, 7) is 0.473. The molecule has 0 saturated carbocycles. The third-order valence-electron chi connectivity index (χ3n) is 4.34. The smallest absolute Gasteiger partial charge is 0.277 e. The molecule has 4 rings (SSSR count). The molecule has 0 aliphatic heterocycles. The maximum Gasteiger partial charge on any atom is 0.277 e. The average Bonchev–Trinajstić information content (AvgIpc) is 3.28. The Balaban J connectivity index is 1.62. The molecule has 28 heavy (non-hydrogen) atoms. The molecule has 0 N–H and O–H groups in total. The van der Waals surface area contributed by atoms with Gasteiger partial charge in [0.1, 0.15) is 12.4 Å². The minimum atomic E-state index is -0.114. The van der Waals surface area contributed by atoms with Gasteiger partial charge in [-0.3, -0.25) is 9.47 Å². The molecule has 4 nitrogen and oxygen atoms in total.